The molecule has 0 spiro atoms. The molecule has 0 aromatic heterocycles. The van der Waals surface area contributed by atoms with Gasteiger partial charge in [-0.05, 0) is 26.4 Å². The lowest BCUT2D eigenvalue weighted by molar-refractivity contribution is 0.256. The van der Waals surface area contributed by atoms with Crippen LogP contribution < -0.4 is 0 Å². The highest BCUT2D eigenvalue weighted by Crippen LogP contribution is 2.68. The highest BCUT2D eigenvalue weighted by atomic mass is 31.2. The minimum Gasteiger partial charge on any atom is -0.326 e. The van der Waals surface area contributed by atoms with Crippen LogP contribution in [0.5, 0.6) is 0 Å². The lowest BCUT2D eigenvalue weighted by atomic mass is 10.2. The Morgan fingerprint density at radius 3 is 2.00 bits per heavy atom. The molecule has 4 nitrogen and oxygen atoms in total. The molecule has 1 N–H and O–H groups in total. The molecular formula is C8H20O4P2. The summed E-state index contributed by atoms with van der Waals surface area (Å²) < 4.78 is 28.4. The first-order chi connectivity index (χ1) is 6.38. The van der Waals surface area contributed by atoms with E-state index in [2.05, 4.69) is 0 Å². The van der Waals surface area contributed by atoms with E-state index in [4.69, 9.17) is 4.52 Å². The maximum Gasteiger partial charge on any atom is 0.341 e. The molecule has 0 saturated carbocycles. The van der Waals surface area contributed by atoms with Gasteiger partial charge in [0.2, 0.25) is 0 Å². The molecule has 0 heterocycles. The Morgan fingerprint density at radius 1 is 1.36 bits per heavy atom. The quantitative estimate of drug-likeness (QED) is 0.727. The first-order valence-electron chi connectivity index (χ1n) is 4.86. The van der Waals surface area contributed by atoms with Gasteiger partial charge in [0.15, 0.2) is 0 Å². The van der Waals surface area contributed by atoms with E-state index in [0.29, 0.717) is 12.8 Å². The van der Waals surface area contributed by atoms with Crippen molar-refractivity contribution in [2.75, 3.05) is 13.3 Å². The maximum absolute atomic E-state index is 11.9. The van der Waals surface area contributed by atoms with Gasteiger partial charge in [-0.3, -0.25) is 4.57 Å². The van der Waals surface area contributed by atoms with Crippen molar-refractivity contribution >= 4 is 15.4 Å². The van der Waals surface area contributed by atoms with Crippen molar-refractivity contribution < 1.29 is 18.5 Å². The predicted molar refractivity (Wildman–Crippen MR) is 59.7 cm³/mol. The van der Waals surface area contributed by atoms with Crippen LogP contribution >= 0.6 is 15.4 Å². The Morgan fingerprint density at radius 2 is 1.79 bits per heavy atom. The third-order valence-electron chi connectivity index (χ3n) is 2.67. The minimum atomic E-state index is -3.76. The van der Waals surface area contributed by atoms with Gasteiger partial charge in [0.1, 0.15) is 4.90 Å². The second-order valence-corrected chi connectivity index (χ2v) is 7.88. The van der Waals surface area contributed by atoms with Crippen LogP contribution in [0.2, 0.25) is 0 Å². The standard InChI is InChI=1S/C8H20O4P2/c1-5-8(6-2,13(4)9)14(10,11)12-7-3/h13H,5-7H2,1-4H3,(H,10,11). The van der Waals surface area contributed by atoms with Gasteiger partial charge in [-0.2, -0.15) is 0 Å². The van der Waals surface area contributed by atoms with E-state index >= 15 is 0 Å². The largest absolute Gasteiger partial charge is 0.341 e. The van der Waals surface area contributed by atoms with E-state index in [1.54, 1.807) is 20.8 Å². The highest BCUT2D eigenvalue weighted by Gasteiger charge is 2.48. The molecule has 0 saturated heterocycles. The first kappa shape index (κ1) is 14.4. The SMILES string of the molecule is CCOP(=O)(O)C(CC)(CC)[PH](C)=O. The molecule has 0 radical (unpaired) electrons. The zero-order valence-corrected chi connectivity index (χ0v) is 11.1. The molecule has 0 bridgehead atoms. The van der Waals surface area contributed by atoms with Crippen LogP contribution in [0, 0.1) is 0 Å². The molecule has 86 valence electrons. The average molecular weight is 242 g/mol. The summed E-state index contributed by atoms with van der Waals surface area (Å²) in [5, 5.41) is 0. The minimum absolute atomic E-state index is 0.171. The molecule has 2 atom stereocenters. The van der Waals surface area contributed by atoms with Crippen LogP contribution in [0.4, 0.5) is 0 Å². The zero-order chi connectivity index (χ0) is 11.4. The highest BCUT2D eigenvalue weighted by molar-refractivity contribution is 7.69. The Labute approximate surface area is 86.4 Å². The topological polar surface area (TPSA) is 63.6 Å². The van der Waals surface area contributed by atoms with Crippen LogP contribution in [0.3, 0.4) is 0 Å². The average Bonchev–Trinajstić information content (AvgIpc) is 2.05. The summed E-state index contributed by atoms with van der Waals surface area (Å²) in [6, 6.07) is 0. The predicted octanol–water partition coefficient (Wildman–Crippen LogP) is 2.91. The Kier molecular flexibility index (Phi) is 5.61. The van der Waals surface area contributed by atoms with E-state index < -0.39 is 20.3 Å². The fourth-order valence-corrected chi connectivity index (χ4v) is 5.82. The van der Waals surface area contributed by atoms with Crippen LogP contribution in [0.25, 0.3) is 0 Å². The summed E-state index contributed by atoms with van der Waals surface area (Å²) in [4.78, 5) is 8.72. The van der Waals surface area contributed by atoms with Gasteiger partial charge in [-0.1, -0.05) is 13.8 Å². The lowest BCUT2D eigenvalue weighted by Gasteiger charge is -2.33. The molecule has 2 unspecified atom stereocenters. The summed E-state index contributed by atoms with van der Waals surface area (Å²) in [6.45, 7) is 6.91. The molecule has 0 aliphatic heterocycles. The van der Waals surface area contributed by atoms with Crippen molar-refractivity contribution in [1.82, 2.24) is 0 Å². The monoisotopic (exact) mass is 242 g/mol. The lowest BCUT2D eigenvalue weighted by Crippen LogP contribution is -2.23. The van der Waals surface area contributed by atoms with Gasteiger partial charge >= 0.3 is 7.60 Å². The van der Waals surface area contributed by atoms with Crippen molar-refractivity contribution in [3.05, 3.63) is 0 Å². The van der Waals surface area contributed by atoms with Gasteiger partial charge in [-0.15, -0.1) is 0 Å². The third-order valence-corrected chi connectivity index (χ3v) is 8.80. The van der Waals surface area contributed by atoms with Gasteiger partial charge < -0.3 is 14.0 Å². The summed E-state index contributed by atoms with van der Waals surface area (Å²) in [5.41, 5.74) is 0. The molecule has 0 aromatic rings. The molecule has 6 heteroatoms. The molecule has 0 amide bonds. The summed E-state index contributed by atoms with van der Waals surface area (Å²) in [5.74, 6) is 0. The first-order valence-corrected chi connectivity index (χ1v) is 8.35. The second kappa shape index (κ2) is 5.46. The molecule has 0 rings (SSSR count). The number of rotatable bonds is 6. The summed E-state index contributed by atoms with van der Waals surface area (Å²) >= 11 is 0. The van der Waals surface area contributed by atoms with Crippen molar-refractivity contribution in [1.29, 1.82) is 0 Å². The van der Waals surface area contributed by atoms with Crippen molar-refractivity contribution in [2.24, 2.45) is 0 Å². The van der Waals surface area contributed by atoms with Crippen LogP contribution in [0.1, 0.15) is 33.6 Å². The van der Waals surface area contributed by atoms with E-state index in [0.717, 1.165) is 0 Å². The summed E-state index contributed by atoms with van der Waals surface area (Å²) in [7, 11) is -5.86. The van der Waals surface area contributed by atoms with Gasteiger partial charge in [-0.25, -0.2) is 0 Å². The number of hydrogen-bond donors (Lipinski definition) is 1. The van der Waals surface area contributed by atoms with Crippen molar-refractivity contribution in [3.8, 4) is 0 Å². The molecule has 0 fully saturated rings. The van der Waals surface area contributed by atoms with Crippen molar-refractivity contribution in [2.45, 2.75) is 38.5 Å². The van der Waals surface area contributed by atoms with E-state index in [-0.39, 0.29) is 6.61 Å². The Balaban J connectivity index is 5.18. The number of hydrogen-bond acceptors (Lipinski definition) is 3. The molecule has 0 aromatic carbocycles. The fourth-order valence-electron chi connectivity index (χ4n) is 1.65. The van der Waals surface area contributed by atoms with Crippen molar-refractivity contribution in [3.63, 3.8) is 0 Å². The summed E-state index contributed by atoms with van der Waals surface area (Å²) in [6.07, 6.45) is 0.817. The Hall–Kier alpha value is 0.380. The fraction of sp³-hybridized carbons (Fsp3) is 1.00. The van der Waals surface area contributed by atoms with E-state index in [1.165, 1.54) is 6.66 Å². The maximum atomic E-state index is 11.9. The third kappa shape index (κ3) is 2.49. The Bertz CT molecular complexity index is 248. The van der Waals surface area contributed by atoms with Gasteiger partial charge in [0, 0.05) is 0 Å². The molecular weight excluding hydrogens is 222 g/mol. The molecule has 0 aliphatic carbocycles. The van der Waals surface area contributed by atoms with Gasteiger partial charge in [0.25, 0.3) is 0 Å². The smallest absolute Gasteiger partial charge is 0.326 e. The van der Waals surface area contributed by atoms with Crippen LogP contribution in [0.15, 0.2) is 0 Å². The normalized spacial score (nSPS) is 18.9. The van der Waals surface area contributed by atoms with E-state index in [1.807, 2.05) is 0 Å². The van der Waals surface area contributed by atoms with E-state index in [9.17, 15) is 14.0 Å². The van der Waals surface area contributed by atoms with Crippen LogP contribution in [-0.4, -0.2) is 23.1 Å². The zero-order valence-electron chi connectivity index (χ0n) is 9.24. The molecule has 0 aliphatic rings. The second-order valence-electron chi connectivity index (χ2n) is 3.23. The van der Waals surface area contributed by atoms with Gasteiger partial charge in [0.05, 0.1) is 14.4 Å². The van der Waals surface area contributed by atoms with Crippen LogP contribution in [-0.2, 0) is 13.7 Å². The molecule has 14 heavy (non-hydrogen) atoms.